The van der Waals surface area contributed by atoms with Crippen LogP contribution in [0.15, 0.2) is 80.9 Å². The molecule has 1 aliphatic heterocycles. The zero-order chi connectivity index (χ0) is 23.8. The molecule has 4 rings (SSSR count). The summed E-state index contributed by atoms with van der Waals surface area (Å²) in [7, 11) is -3.80. The minimum absolute atomic E-state index is 0.0203. The topological polar surface area (TPSA) is 131 Å². The molecule has 3 N–H and O–H groups in total. The smallest absolute Gasteiger partial charge is 0.331 e. The van der Waals surface area contributed by atoms with Crippen molar-refractivity contribution < 1.29 is 27.5 Å². The van der Waals surface area contributed by atoms with Gasteiger partial charge in [-0.2, -0.15) is 0 Å². The molecule has 0 saturated carbocycles. The Morgan fingerprint density at radius 1 is 1.09 bits per heavy atom. The molecule has 1 aromatic heterocycles. The second-order valence-corrected chi connectivity index (χ2v) is 10.2. The predicted octanol–water partition coefficient (Wildman–Crippen LogP) is 3.62. The van der Waals surface area contributed by atoms with Crippen LogP contribution < -0.4 is 5.14 Å². The molecule has 0 aliphatic carbocycles. The lowest BCUT2D eigenvalue weighted by Gasteiger charge is -2.23. The first kappa shape index (κ1) is 22.9. The molecular formula is C22H16N2O6S3. The molecular weight excluding hydrogens is 484 g/mol. The van der Waals surface area contributed by atoms with Crippen LogP contribution >= 0.6 is 24.0 Å². The van der Waals surface area contributed by atoms with Gasteiger partial charge >= 0.3 is 5.97 Å². The van der Waals surface area contributed by atoms with E-state index in [0.29, 0.717) is 22.6 Å². The van der Waals surface area contributed by atoms with Gasteiger partial charge < -0.3 is 9.52 Å². The van der Waals surface area contributed by atoms with Crippen molar-refractivity contribution in [1.29, 1.82) is 0 Å². The van der Waals surface area contributed by atoms with Crippen molar-refractivity contribution in [3.8, 4) is 11.3 Å². The van der Waals surface area contributed by atoms with Gasteiger partial charge in [0.25, 0.3) is 5.91 Å². The van der Waals surface area contributed by atoms with Gasteiger partial charge in [-0.3, -0.25) is 9.69 Å². The Morgan fingerprint density at radius 2 is 1.76 bits per heavy atom. The van der Waals surface area contributed by atoms with E-state index in [1.807, 2.05) is 0 Å². The number of carbonyl (C=O) groups excluding carboxylic acids is 1. The molecule has 1 unspecified atom stereocenters. The Bertz CT molecular complexity index is 1380. The maximum absolute atomic E-state index is 13.0. The van der Waals surface area contributed by atoms with Gasteiger partial charge in [0.1, 0.15) is 15.8 Å². The highest BCUT2D eigenvalue weighted by atomic mass is 32.2. The van der Waals surface area contributed by atoms with E-state index in [-0.39, 0.29) is 14.1 Å². The van der Waals surface area contributed by atoms with Crippen molar-refractivity contribution in [2.24, 2.45) is 5.14 Å². The number of rotatable bonds is 6. The van der Waals surface area contributed by atoms with Crippen molar-refractivity contribution >= 4 is 56.3 Å². The number of aliphatic carboxylic acids is 1. The fraction of sp³-hybridized carbons (Fsp3) is 0.0455. The van der Waals surface area contributed by atoms with Crippen LogP contribution in [-0.2, 0) is 19.6 Å². The Labute approximate surface area is 198 Å². The fourth-order valence-electron chi connectivity index (χ4n) is 3.26. The average molecular weight is 501 g/mol. The van der Waals surface area contributed by atoms with Gasteiger partial charge in [0, 0.05) is 11.6 Å². The highest BCUT2D eigenvalue weighted by Gasteiger charge is 2.41. The maximum Gasteiger partial charge on any atom is 0.331 e. The van der Waals surface area contributed by atoms with Gasteiger partial charge in [-0.25, -0.2) is 18.4 Å². The first-order valence-corrected chi connectivity index (χ1v) is 12.2. The lowest BCUT2D eigenvalue weighted by atomic mass is 10.1. The van der Waals surface area contributed by atoms with E-state index in [0.717, 1.165) is 16.7 Å². The monoisotopic (exact) mass is 500 g/mol. The number of nitrogens with zero attached hydrogens (tertiary/aromatic N) is 1. The van der Waals surface area contributed by atoms with Crippen LogP contribution in [0.25, 0.3) is 17.4 Å². The molecule has 0 bridgehead atoms. The van der Waals surface area contributed by atoms with E-state index in [4.69, 9.17) is 21.8 Å². The maximum atomic E-state index is 13.0. The number of carboxylic acids is 1. The first-order chi connectivity index (χ1) is 15.6. The molecule has 2 heterocycles. The van der Waals surface area contributed by atoms with E-state index in [9.17, 15) is 23.1 Å². The SMILES string of the molecule is NS(=O)(=O)c1ccc(-c2ccc(/C=C3\SC(=S)N(C(C(=O)O)c4ccccc4)C3=O)o2)cc1. The standard InChI is InChI=1S/C22H16N2O6S3/c23-33(28,29)16-9-6-13(7-10-16)17-11-8-15(30-17)12-18-20(25)24(22(31)32-18)19(21(26)27)14-4-2-1-3-5-14/h1-12,19H,(H,26,27)(H2,23,28,29)/b18-12-. The third-order valence-corrected chi connectivity index (χ3v) is 7.06. The van der Waals surface area contributed by atoms with Crippen LogP contribution in [0.1, 0.15) is 17.4 Å². The quantitative estimate of drug-likeness (QED) is 0.388. The summed E-state index contributed by atoms with van der Waals surface area (Å²) in [6.07, 6.45) is 1.49. The summed E-state index contributed by atoms with van der Waals surface area (Å²) < 4.78 is 28.7. The summed E-state index contributed by atoms with van der Waals surface area (Å²) in [6, 6.07) is 16.3. The fourth-order valence-corrected chi connectivity index (χ4v) is 5.07. The zero-order valence-corrected chi connectivity index (χ0v) is 19.2. The lowest BCUT2D eigenvalue weighted by molar-refractivity contribution is -0.145. The normalized spacial score (nSPS) is 16.4. The number of sulfonamides is 1. The molecule has 3 aromatic rings. The third-order valence-electron chi connectivity index (χ3n) is 4.80. The summed E-state index contributed by atoms with van der Waals surface area (Å²) in [5.41, 5.74) is 1.05. The number of nitrogens with two attached hydrogens (primary N) is 1. The number of hydrogen-bond donors (Lipinski definition) is 2. The number of hydrogen-bond acceptors (Lipinski definition) is 7. The second-order valence-electron chi connectivity index (χ2n) is 6.97. The molecule has 1 aliphatic rings. The van der Waals surface area contributed by atoms with E-state index in [1.165, 1.54) is 18.2 Å². The van der Waals surface area contributed by atoms with Gasteiger partial charge in [0.2, 0.25) is 10.0 Å². The molecule has 0 radical (unpaired) electrons. The number of amides is 1. The van der Waals surface area contributed by atoms with Crippen LogP contribution in [0.2, 0.25) is 0 Å². The molecule has 1 atom stereocenters. The highest BCUT2D eigenvalue weighted by Crippen LogP contribution is 2.38. The third kappa shape index (κ3) is 4.76. The molecule has 8 nitrogen and oxygen atoms in total. The zero-order valence-electron chi connectivity index (χ0n) is 16.7. The Morgan fingerprint density at radius 3 is 2.36 bits per heavy atom. The molecule has 33 heavy (non-hydrogen) atoms. The Kier molecular flexibility index (Phi) is 6.21. The number of furan rings is 1. The van der Waals surface area contributed by atoms with Crippen LogP contribution in [-0.4, -0.2) is 34.6 Å². The number of thiocarbonyl (C=S) groups is 1. The summed E-state index contributed by atoms with van der Waals surface area (Å²) in [5.74, 6) is -0.920. The van der Waals surface area contributed by atoms with Gasteiger partial charge in [0.15, 0.2) is 6.04 Å². The molecule has 168 valence electrons. The van der Waals surface area contributed by atoms with Gasteiger partial charge in [0.05, 0.1) is 9.80 Å². The van der Waals surface area contributed by atoms with Crippen molar-refractivity contribution in [3.63, 3.8) is 0 Å². The lowest BCUT2D eigenvalue weighted by Crippen LogP contribution is -2.37. The number of carboxylic acid groups (broad SMARTS) is 1. The van der Waals surface area contributed by atoms with Gasteiger partial charge in [-0.15, -0.1) is 0 Å². The highest BCUT2D eigenvalue weighted by molar-refractivity contribution is 8.26. The first-order valence-electron chi connectivity index (χ1n) is 9.43. The van der Waals surface area contributed by atoms with Crippen molar-refractivity contribution in [2.45, 2.75) is 10.9 Å². The minimum atomic E-state index is -3.80. The van der Waals surface area contributed by atoms with E-state index in [2.05, 4.69) is 0 Å². The molecule has 2 aromatic carbocycles. The van der Waals surface area contributed by atoms with Crippen LogP contribution in [0, 0.1) is 0 Å². The van der Waals surface area contributed by atoms with Crippen molar-refractivity contribution in [2.75, 3.05) is 0 Å². The summed E-state index contributed by atoms with van der Waals surface area (Å²) in [5, 5.41) is 14.9. The summed E-state index contributed by atoms with van der Waals surface area (Å²) in [4.78, 5) is 26.3. The van der Waals surface area contributed by atoms with E-state index >= 15 is 0 Å². The van der Waals surface area contributed by atoms with Crippen LogP contribution in [0.3, 0.4) is 0 Å². The van der Waals surface area contributed by atoms with Crippen molar-refractivity contribution in [3.05, 3.63) is 83.0 Å². The van der Waals surface area contributed by atoms with Crippen molar-refractivity contribution in [1.82, 2.24) is 4.90 Å². The summed E-state index contributed by atoms with van der Waals surface area (Å²) in [6.45, 7) is 0. The van der Waals surface area contributed by atoms with Crippen LogP contribution in [0.4, 0.5) is 0 Å². The van der Waals surface area contributed by atoms with E-state index < -0.39 is 27.9 Å². The van der Waals surface area contributed by atoms with Crippen LogP contribution in [0.5, 0.6) is 0 Å². The number of primary sulfonamides is 1. The molecule has 1 fully saturated rings. The van der Waals surface area contributed by atoms with Gasteiger partial charge in [-0.1, -0.05) is 54.3 Å². The molecule has 11 heteroatoms. The van der Waals surface area contributed by atoms with Gasteiger partial charge in [-0.05, 0) is 42.0 Å². The number of carbonyl (C=O) groups is 2. The minimum Gasteiger partial charge on any atom is -0.479 e. The number of thioether (sulfide) groups is 1. The molecule has 1 saturated heterocycles. The largest absolute Gasteiger partial charge is 0.479 e. The average Bonchev–Trinajstić information content (AvgIpc) is 3.34. The number of benzene rings is 2. The predicted molar refractivity (Wildman–Crippen MR) is 127 cm³/mol. The molecule has 1 amide bonds. The Hall–Kier alpha value is -3.25. The summed E-state index contributed by atoms with van der Waals surface area (Å²) >= 11 is 6.30. The molecule has 0 spiro atoms. The Balaban J connectivity index is 1.60. The van der Waals surface area contributed by atoms with E-state index in [1.54, 1.807) is 54.6 Å². The second kappa shape index (κ2) is 8.94.